The summed E-state index contributed by atoms with van der Waals surface area (Å²) >= 11 is 0. The van der Waals surface area contributed by atoms with E-state index in [0.717, 1.165) is 0 Å². The molecule has 0 aliphatic rings. The van der Waals surface area contributed by atoms with Crippen molar-refractivity contribution >= 4 is 28.6 Å². The van der Waals surface area contributed by atoms with Gasteiger partial charge < -0.3 is 4.89 Å². The SMILES string of the molecule is O=P(O)(OS(=O)(=O)O)OS(=O)(=O)O. The Hall–Kier alpha value is -0.0700. The van der Waals surface area contributed by atoms with Crippen LogP contribution in [0.4, 0.5) is 0 Å². The van der Waals surface area contributed by atoms with Gasteiger partial charge in [0.2, 0.25) is 0 Å². The molecule has 0 aliphatic carbocycles. The van der Waals surface area contributed by atoms with E-state index in [4.69, 9.17) is 14.0 Å². The predicted molar refractivity (Wildman–Crippen MR) is 35.1 cm³/mol. The van der Waals surface area contributed by atoms with Crippen molar-refractivity contribution in [1.29, 1.82) is 0 Å². The van der Waals surface area contributed by atoms with E-state index in [0.29, 0.717) is 0 Å². The van der Waals surface area contributed by atoms with E-state index in [1.165, 1.54) is 0 Å². The van der Waals surface area contributed by atoms with Gasteiger partial charge in [0.25, 0.3) is 0 Å². The molecule has 0 aromatic carbocycles. The third-order valence-corrected chi connectivity index (χ3v) is 3.39. The van der Waals surface area contributed by atoms with Gasteiger partial charge in [-0.3, -0.25) is 9.11 Å². The van der Waals surface area contributed by atoms with Crippen molar-refractivity contribution in [2.75, 3.05) is 0 Å². The van der Waals surface area contributed by atoms with Gasteiger partial charge in [-0.25, -0.2) is 4.57 Å². The lowest BCUT2D eigenvalue weighted by Crippen LogP contribution is -2.07. The smallest absolute Gasteiger partial charge is 0.301 e. The van der Waals surface area contributed by atoms with Crippen LogP contribution in [0.1, 0.15) is 0 Å². The summed E-state index contributed by atoms with van der Waals surface area (Å²) < 4.78 is 70.8. The number of phosphoric acid groups is 1. The van der Waals surface area contributed by atoms with Crippen LogP contribution in [0, 0.1) is 0 Å². The van der Waals surface area contributed by atoms with Gasteiger partial charge in [-0.05, 0) is 0 Å². The zero-order valence-corrected chi connectivity index (χ0v) is 7.99. The molecule has 0 rings (SSSR count). The summed E-state index contributed by atoms with van der Waals surface area (Å²) in [5.41, 5.74) is 0. The van der Waals surface area contributed by atoms with E-state index in [-0.39, 0.29) is 0 Å². The normalized spacial score (nSPS) is 14.4. The molecule has 13 heavy (non-hydrogen) atoms. The van der Waals surface area contributed by atoms with Crippen LogP contribution in [0.25, 0.3) is 0 Å². The van der Waals surface area contributed by atoms with E-state index in [1.807, 2.05) is 0 Å². The van der Waals surface area contributed by atoms with E-state index in [9.17, 15) is 21.4 Å². The van der Waals surface area contributed by atoms with Crippen LogP contribution in [-0.2, 0) is 33.3 Å². The molecule has 13 heteroatoms. The summed E-state index contributed by atoms with van der Waals surface area (Å²) in [6, 6.07) is 0. The fourth-order valence-electron chi connectivity index (χ4n) is 0.250. The van der Waals surface area contributed by atoms with Crippen molar-refractivity contribution < 1.29 is 43.3 Å². The van der Waals surface area contributed by atoms with Crippen LogP contribution in [0.15, 0.2) is 0 Å². The molecular formula is H3O10PS2. The quantitative estimate of drug-likeness (QED) is 0.408. The number of hydrogen-bond acceptors (Lipinski definition) is 7. The Morgan fingerprint density at radius 3 is 1.31 bits per heavy atom. The first-order valence-corrected chi connectivity index (χ1v) is 6.34. The van der Waals surface area contributed by atoms with Crippen LogP contribution >= 0.6 is 7.82 Å². The minimum Gasteiger partial charge on any atom is -0.301 e. The van der Waals surface area contributed by atoms with Crippen molar-refractivity contribution in [3.8, 4) is 0 Å². The van der Waals surface area contributed by atoms with E-state index in [1.54, 1.807) is 0 Å². The van der Waals surface area contributed by atoms with Crippen LogP contribution < -0.4 is 0 Å². The van der Waals surface area contributed by atoms with E-state index >= 15 is 0 Å². The highest BCUT2D eigenvalue weighted by atomic mass is 32.3. The lowest BCUT2D eigenvalue weighted by atomic mass is 15.7. The Labute approximate surface area is 72.6 Å². The molecule has 0 amide bonds. The summed E-state index contributed by atoms with van der Waals surface area (Å²) in [5, 5.41) is 0. The zero-order valence-electron chi connectivity index (χ0n) is 5.46. The maximum Gasteiger partial charge on any atom is 0.505 e. The summed E-state index contributed by atoms with van der Waals surface area (Å²) in [7, 11) is -16.3. The van der Waals surface area contributed by atoms with Gasteiger partial charge in [0.15, 0.2) is 0 Å². The highest BCUT2D eigenvalue weighted by Gasteiger charge is 2.34. The molecule has 0 bridgehead atoms. The predicted octanol–water partition coefficient (Wildman–Crippen LogP) is -1.27. The van der Waals surface area contributed by atoms with Gasteiger partial charge in [-0.2, -0.15) is 16.8 Å². The first kappa shape index (κ1) is 12.9. The minimum absolute atomic E-state index is 2.88. The zero-order chi connectivity index (χ0) is 10.9. The second-order valence-corrected chi connectivity index (χ2v) is 5.31. The Kier molecular flexibility index (Phi) is 3.57. The van der Waals surface area contributed by atoms with Gasteiger partial charge >= 0.3 is 28.6 Å². The van der Waals surface area contributed by atoms with Gasteiger partial charge in [0.1, 0.15) is 0 Å². The molecule has 0 heterocycles. The van der Waals surface area contributed by atoms with Gasteiger partial charge in [-0.15, -0.1) is 7.94 Å². The molecule has 0 aliphatic heterocycles. The maximum atomic E-state index is 10.3. The standard InChI is InChI=1S/H3O10PS2/c1-11(2,9-12(3,4)5)10-13(6,7)8/h(H,1,2)(H,3,4,5)(H,6,7,8). The molecule has 0 atom stereocenters. The lowest BCUT2D eigenvalue weighted by Gasteiger charge is -2.05. The molecular weight excluding hydrogens is 255 g/mol. The maximum absolute atomic E-state index is 10.3. The molecule has 80 valence electrons. The Morgan fingerprint density at radius 1 is 0.923 bits per heavy atom. The van der Waals surface area contributed by atoms with Gasteiger partial charge in [0, 0.05) is 0 Å². The molecule has 0 spiro atoms. The Morgan fingerprint density at radius 2 is 1.15 bits per heavy atom. The van der Waals surface area contributed by atoms with Gasteiger partial charge in [-0.1, -0.05) is 0 Å². The van der Waals surface area contributed by atoms with Crippen LogP contribution in [-0.4, -0.2) is 30.8 Å². The second-order valence-electron chi connectivity index (χ2n) is 1.47. The average Bonchev–Trinajstić information content (AvgIpc) is 1.43. The molecule has 0 aromatic heterocycles. The molecule has 0 unspecified atom stereocenters. The summed E-state index contributed by atoms with van der Waals surface area (Å²) in [5.74, 6) is 0. The van der Waals surface area contributed by atoms with E-state index in [2.05, 4.69) is 7.94 Å². The summed E-state index contributed by atoms with van der Waals surface area (Å²) in [6.45, 7) is 0. The van der Waals surface area contributed by atoms with Crippen LogP contribution in [0.2, 0.25) is 0 Å². The summed E-state index contributed by atoms with van der Waals surface area (Å²) in [4.78, 5) is 8.22. The first-order chi connectivity index (χ1) is 5.41. The molecule has 0 radical (unpaired) electrons. The third kappa shape index (κ3) is 8.27. The number of rotatable bonds is 4. The average molecular weight is 258 g/mol. The van der Waals surface area contributed by atoms with E-state index < -0.39 is 28.6 Å². The van der Waals surface area contributed by atoms with Crippen molar-refractivity contribution in [1.82, 2.24) is 0 Å². The van der Waals surface area contributed by atoms with Gasteiger partial charge in [0.05, 0.1) is 0 Å². The lowest BCUT2D eigenvalue weighted by molar-refractivity contribution is 0.263. The molecule has 0 saturated carbocycles. The molecule has 10 nitrogen and oxygen atoms in total. The first-order valence-electron chi connectivity index (χ1n) is 2.11. The second kappa shape index (κ2) is 3.59. The monoisotopic (exact) mass is 258 g/mol. The topological polar surface area (TPSA) is 164 Å². The van der Waals surface area contributed by atoms with Crippen LogP contribution in [0.3, 0.4) is 0 Å². The summed E-state index contributed by atoms with van der Waals surface area (Å²) in [6.07, 6.45) is 0. The minimum atomic E-state index is -5.61. The van der Waals surface area contributed by atoms with Crippen molar-refractivity contribution in [3.63, 3.8) is 0 Å². The fraction of sp³-hybridized carbons (Fsp3) is 0. The molecule has 3 N–H and O–H groups in total. The number of hydrogen-bond donors (Lipinski definition) is 3. The highest BCUT2D eigenvalue weighted by molar-refractivity contribution is 7.89. The molecule has 0 fully saturated rings. The Balaban J connectivity index is 4.74. The Bertz CT molecular complexity index is 370. The largest absolute Gasteiger partial charge is 0.505 e. The molecule has 0 aromatic rings. The third-order valence-electron chi connectivity index (χ3n) is 0.377. The van der Waals surface area contributed by atoms with Crippen molar-refractivity contribution in [2.45, 2.75) is 0 Å². The highest BCUT2D eigenvalue weighted by Crippen LogP contribution is 2.46. The van der Waals surface area contributed by atoms with Crippen molar-refractivity contribution in [2.24, 2.45) is 0 Å². The fourth-order valence-corrected chi connectivity index (χ4v) is 2.48. The van der Waals surface area contributed by atoms with Crippen LogP contribution in [0.5, 0.6) is 0 Å². The molecule has 0 saturated heterocycles. The van der Waals surface area contributed by atoms with Crippen molar-refractivity contribution in [3.05, 3.63) is 0 Å².